The molecule has 0 aliphatic heterocycles. The average molecular weight is 411 g/mol. The zero-order valence-electron chi connectivity index (χ0n) is 13.1. The largest absolute Gasteiger partial charge is 0.377 e. The zero-order valence-corrected chi connectivity index (χ0v) is 16.3. The van der Waals surface area contributed by atoms with Gasteiger partial charge in [0.2, 0.25) is 0 Å². The van der Waals surface area contributed by atoms with Gasteiger partial charge in [0.05, 0.1) is 5.69 Å². The molecule has 0 aromatic heterocycles. The van der Waals surface area contributed by atoms with Crippen molar-refractivity contribution in [2.45, 2.75) is 40.7 Å². The third-order valence-corrected chi connectivity index (χ3v) is 5.15. The fourth-order valence-corrected chi connectivity index (χ4v) is 4.23. The number of halogens is 2. The summed E-state index contributed by atoms with van der Waals surface area (Å²) < 4.78 is 2.17. The van der Waals surface area contributed by atoms with Gasteiger partial charge in [-0.2, -0.15) is 0 Å². The van der Waals surface area contributed by atoms with Crippen LogP contribution < -0.4 is 5.32 Å². The second kappa shape index (κ2) is 6.53. The Morgan fingerprint density at radius 2 is 1.33 bits per heavy atom. The molecule has 3 heteroatoms. The van der Waals surface area contributed by atoms with Crippen molar-refractivity contribution in [2.75, 3.05) is 5.32 Å². The molecule has 2 aromatic rings. The summed E-state index contributed by atoms with van der Waals surface area (Å²) >= 11 is 7.30. The van der Waals surface area contributed by atoms with Crippen LogP contribution in [0.4, 0.5) is 5.69 Å². The molecule has 112 valence electrons. The molecule has 1 unspecified atom stereocenters. The molecule has 1 N–H and O–H groups in total. The highest BCUT2D eigenvalue weighted by atomic mass is 79.9. The van der Waals surface area contributed by atoms with Crippen LogP contribution in [0.3, 0.4) is 0 Å². The minimum absolute atomic E-state index is 0.250. The van der Waals surface area contributed by atoms with Crippen LogP contribution in [0.25, 0.3) is 0 Å². The Morgan fingerprint density at radius 3 is 1.90 bits per heavy atom. The van der Waals surface area contributed by atoms with E-state index in [2.05, 4.69) is 96.1 Å². The number of nitrogens with one attached hydrogen (secondary N) is 1. The first kappa shape index (κ1) is 16.6. The van der Waals surface area contributed by atoms with E-state index in [1.54, 1.807) is 0 Å². The lowest BCUT2D eigenvalue weighted by Crippen LogP contribution is -2.10. The second-order valence-corrected chi connectivity index (χ2v) is 7.47. The van der Waals surface area contributed by atoms with Gasteiger partial charge in [0, 0.05) is 15.0 Å². The van der Waals surface area contributed by atoms with Gasteiger partial charge < -0.3 is 5.32 Å². The Morgan fingerprint density at radius 1 is 0.810 bits per heavy atom. The molecule has 0 aliphatic rings. The van der Waals surface area contributed by atoms with E-state index >= 15 is 0 Å². The van der Waals surface area contributed by atoms with Gasteiger partial charge in [-0.15, -0.1) is 0 Å². The van der Waals surface area contributed by atoms with Crippen molar-refractivity contribution >= 4 is 37.5 Å². The Labute approximate surface area is 144 Å². The minimum Gasteiger partial charge on any atom is -0.377 e. The van der Waals surface area contributed by atoms with Crippen LogP contribution in [-0.2, 0) is 0 Å². The smallest absolute Gasteiger partial charge is 0.0633 e. The summed E-state index contributed by atoms with van der Waals surface area (Å²) in [4.78, 5) is 0. The summed E-state index contributed by atoms with van der Waals surface area (Å²) in [7, 11) is 0. The Hall–Kier alpha value is -0.800. The molecule has 0 aliphatic carbocycles. The maximum absolute atomic E-state index is 3.65. The number of hydrogen-bond acceptors (Lipinski definition) is 1. The summed E-state index contributed by atoms with van der Waals surface area (Å²) in [5.41, 5.74) is 7.70. The number of benzene rings is 2. The monoisotopic (exact) mass is 409 g/mol. The SMILES string of the molecule is Cc1cc(Br)c(NC(C)c2cc(C)c(C)cc2C)c(Br)c1. The molecule has 0 heterocycles. The second-order valence-electron chi connectivity index (χ2n) is 5.76. The van der Waals surface area contributed by atoms with E-state index in [1.807, 2.05) is 0 Å². The molecule has 0 amide bonds. The van der Waals surface area contributed by atoms with E-state index in [-0.39, 0.29) is 6.04 Å². The fourth-order valence-electron chi connectivity index (χ4n) is 2.58. The van der Waals surface area contributed by atoms with E-state index in [0.717, 1.165) is 14.6 Å². The maximum Gasteiger partial charge on any atom is 0.0633 e. The number of rotatable bonds is 3. The Kier molecular flexibility index (Phi) is 5.15. The van der Waals surface area contributed by atoms with Gasteiger partial charge in [-0.05, 0) is 106 Å². The predicted molar refractivity (Wildman–Crippen MR) is 99.3 cm³/mol. The lowest BCUT2D eigenvalue weighted by atomic mass is 9.96. The van der Waals surface area contributed by atoms with Crippen LogP contribution in [0, 0.1) is 27.7 Å². The first-order valence-corrected chi connectivity index (χ1v) is 8.68. The first-order valence-electron chi connectivity index (χ1n) is 7.09. The molecule has 2 rings (SSSR count). The van der Waals surface area contributed by atoms with E-state index in [9.17, 15) is 0 Å². The molecule has 0 bridgehead atoms. The maximum atomic E-state index is 3.65. The molecule has 0 fully saturated rings. The first-order chi connectivity index (χ1) is 9.79. The van der Waals surface area contributed by atoms with Crippen molar-refractivity contribution in [3.63, 3.8) is 0 Å². The number of aryl methyl sites for hydroxylation is 4. The van der Waals surface area contributed by atoms with Crippen molar-refractivity contribution in [3.05, 3.63) is 61.0 Å². The Bertz CT molecular complexity index is 654. The van der Waals surface area contributed by atoms with E-state index in [1.165, 1.54) is 27.8 Å². The highest BCUT2D eigenvalue weighted by molar-refractivity contribution is 9.11. The van der Waals surface area contributed by atoms with Gasteiger partial charge in [0.15, 0.2) is 0 Å². The normalized spacial score (nSPS) is 12.3. The zero-order chi connectivity index (χ0) is 15.7. The number of hydrogen-bond donors (Lipinski definition) is 1. The van der Waals surface area contributed by atoms with Crippen molar-refractivity contribution < 1.29 is 0 Å². The summed E-state index contributed by atoms with van der Waals surface area (Å²) in [5.74, 6) is 0. The molecule has 0 radical (unpaired) electrons. The highest BCUT2D eigenvalue weighted by Gasteiger charge is 2.13. The van der Waals surface area contributed by atoms with E-state index < -0.39 is 0 Å². The topological polar surface area (TPSA) is 12.0 Å². The molecule has 0 spiro atoms. The van der Waals surface area contributed by atoms with Crippen molar-refractivity contribution in [1.29, 1.82) is 0 Å². The molecule has 2 aromatic carbocycles. The van der Waals surface area contributed by atoms with Gasteiger partial charge >= 0.3 is 0 Å². The van der Waals surface area contributed by atoms with Crippen LogP contribution >= 0.6 is 31.9 Å². The molecular weight excluding hydrogens is 390 g/mol. The summed E-state index contributed by atoms with van der Waals surface area (Å²) in [6.07, 6.45) is 0. The molecule has 0 saturated carbocycles. The van der Waals surface area contributed by atoms with E-state index in [0.29, 0.717) is 0 Å². The average Bonchev–Trinajstić information content (AvgIpc) is 2.37. The lowest BCUT2D eigenvalue weighted by Gasteiger charge is -2.21. The van der Waals surface area contributed by atoms with Gasteiger partial charge in [-0.3, -0.25) is 0 Å². The van der Waals surface area contributed by atoms with Gasteiger partial charge in [-0.1, -0.05) is 12.1 Å². The van der Waals surface area contributed by atoms with Crippen molar-refractivity contribution in [1.82, 2.24) is 0 Å². The Balaban J connectivity index is 2.35. The number of anilines is 1. The van der Waals surface area contributed by atoms with Crippen LogP contribution in [-0.4, -0.2) is 0 Å². The van der Waals surface area contributed by atoms with Crippen molar-refractivity contribution in [2.24, 2.45) is 0 Å². The molecule has 0 saturated heterocycles. The minimum atomic E-state index is 0.250. The van der Waals surface area contributed by atoms with Crippen molar-refractivity contribution in [3.8, 4) is 0 Å². The molecule has 1 nitrogen and oxygen atoms in total. The quantitative estimate of drug-likeness (QED) is 0.599. The summed E-state index contributed by atoms with van der Waals surface area (Å²) in [6, 6.07) is 9.07. The molecule has 1 atom stereocenters. The van der Waals surface area contributed by atoms with Gasteiger partial charge in [0.1, 0.15) is 0 Å². The summed E-state index contributed by atoms with van der Waals surface area (Å²) in [6.45, 7) is 10.8. The summed E-state index contributed by atoms with van der Waals surface area (Å²) in [5, 5.41) is 3.62. The van der Waals surface area contributed by atoms with Crippen LogP contribution in [0.5, 0.6) is 0 Å². The fraction of sp³-hybridized carbons (Fsp3) is 0.333. The predicted octanol–water partition coefficient (Wildman–Crippen LogP) is 6.62. The van der Waals surface area contributed by atoms with Gasteiger partial charge in [0.25, 0.3) is 0 Å². The lowest BCUT2D eigenvalue weighted by molar-refractivity contribution is 0.868. The van der Waals surface area contributed by atoms with E-state index in [4.69, 9.17) is 0 Å². The standard InChI is InChI=1S/C18H21Br2N/c1-10-6-16(19)18(17(20)7-10)21-14(5)15-9-12(3)11(2)8-13(15)4/h6-9,14,21H,1-5H3. The molecule has 21 heavy (non-hydrogen) atoms. The highest BCUT2D eigenvalue weighted by Crippen LogP contribution is 2.35. The van der Waals surface area contributed by atoms with Crippen LogP contribution in [0.15, 0.2) is 33.2 Å². The third kappa shape index (κ3) is 3.70. The molecular formula is C18H21Br2N. The van der Waals surface area contributed by atoms with Crippen LogP contribution in [0.1, 0.15) is 40.8 Å². The van der Waals surface area contributed by atoms with Gasteiger partial charge in [-0.25, -0.2) is 0 Å². The third-order valence-electron chi connectivity index (χ3n) is 3.90. The van der Waals surface area contributed by atoms with Crippen LogP contribution in [0.2, 0.25) is 0 Å².